The summed E-state index contributed by atoms with van der Waals surface area (Å²) in [4.78, 5) is 17.7. The fourth-order valence-electron chi connectivity index (χ4n) is 2.10. The van der Waals surface area contributed by atoms with E-state index in [0.717, 1.165) is 17.3 Å². The first-order valence-electron chi connectivity index (χ1n) is 6.77. The van der Waals surface area contributed by atoms with Crippen molar-refractivity contribution in [2.45, 2.75) is 0 Å². The molecule has 0 saturated heterocycles. The molecule has 2 aliphatic carbocycles. The second kappa shape index (κ2) is 8.46. The second-order valence-corrected chi connectivity index (χ2v) is 4.68. The molecular weight excluding hydrogens is 334 g/mol. The maximum atomic E-state index is 10.7. The Balaban J connectivity index is 0.000000276. The van der Waals surface area contributed by atoms with Crippen LogP contribution in [0.2, 0.25) is 0 Å². The van der Waals surface area contributed by atoms with Gasteiger partial charge in [0.05, 0.1) is 16.0 Å². The Kier molecular flexibility index (Phi) is 6.60. The van der Waals surface area contributed by atoms with Gasteiger partial charge in [-0.3, -0.25) is 10.1 Å². The van der Waals surface area contributed by atoms with Crippen LogP contribution in [0.15, 0.2) is 18.2 Å². The van der Waals surface area contributed by atoms with Gasteiger partial charge >= 0.3 is 0 Å². The third-order valence-corrected chi connectivity index (χ3v) is 3.17. The molecule has 0 amide bonds. The molecule has 2 aliphatic rings. The van der Waals surface area contributed by atoms with E-state index in [1.54, 1.807) is 6.07 Å². The van der Waals surface area contributed by atoms with Crippen LogP contribution in [0, 0.1) is 73.8 Å². The zero-order valence-corrected chi connectivity index (χ0v) is 13.1. The molecule has 1 aromatic heterocycles. The van der Waals surface area contributed by atoms with E-state index in [4.69, 9.17) is 0 Å². The Morgan fingerprint density at radius 1 is 0.957 bits per heavy atom. The van der Waals surface area contributed by atoms with Crippen molar-refractivity contribution >= 4 is 16.7 Å². The van der Waals surface area contributed by atoms with Crippen LogP contribution in [-0.2, 0) is 17.1 Å². The predicted octanol–water partition coefficient (Wildman–Crippen LogP) is 3.24. The van der Waals surface area contributed by atoms with Gasteiger partial charge in [0.25, 0.3) is 5.69 Å². The van der Waals surface area contributed by atoms with E-state index in [2.05, 4.69) is 9.97 Å². The summed E-state index contributed by atoms with van der Waals surface area (Å²) >= 11 is 0. The minimum Gasteiger partial charge on any atom is -0.341 e. The maximum Gasteiger partial charge on any atom is 0.271 e. The maximum absolute atomic E-state index is 10.7. The molecule has 6 heteroatoms. The smallest absolute Gasteiger partial charge is 0.271 e. The van der Waals surface area contributed by atoms with Crippen LogP contribution in [0.25, 0.3) is 11.0 Å². The first kappa shape index (κ1) is 18.0. The number of rotatable bonds is 2. The molecule has 2 saturated carbocycles. The van der Waals surface area contributed by atoms with Gasteiger partial charge in [-0.25, -0.2) is 4.98 Å². The molecule has 0 unspecified atom stereocenters. The molecular formula is C17H13FeN3O2. The Morgan fingerprint density at radius 2 is 1.57 bits per heavy atom. The monoisotopic (exact) mass is 347 g/mol. The standard InChI is InChI=1S/C12H8N3O2.C5H5.Fe/c16-15(17)9-5-6-10-11(7-9)14-12(13-10)8-3-1-2-4-8;1-2-4-5-3-1;/h1-7H,(H,13,14);1-5H;. The van der Waals surface area contributed by atoms with Crippen molar-refractivity contribution in [2.24, 2.45) is 0 Å². The molecule has 1 aromatic carbocycles. The third-order valence-electron chi connectivity index (χ3n) is 3.17. The summed E-state index contributed by atoms with van der Waals surface area (Å²) in [6.45, 7) is 0. The van der Waals surface area contributed by atoms with Crippen LogP contribution >= 0.6 is 0 Å². The summed E-state index contributed by atoms with van der Waals surface area (Å²) in [5.41, 5.74) is 1.47. The van der Waals surface area contributed by atoms with E-state index in [0.29, 0.717) is 5.52 Å². The van der Waals surface area contributed by atoms with Gasteiger partial charge in [0, 0.05) is 35.1 Å². The quantitative estimate of drug-likeness (QED) is 0.515. The summed E-state index contributed by atoms with van der Waals surface area (Å²) in [5.74, 6) is 1.70. The van der Waals surface area contributed by atoms with Gasteiger partial charge in [0.15, 0.2) is 0 Å². The van der Waals surface area contributed by atoms with Gasteiger partial charge < -0.3 is 4.98 Å². The number of non-ortho nitro benzene ring substituents is 1. The van der Waals surface area contributed by atoms with Gasteiger partial charge in [0.2, 0.25) is 0 Å². The largest absolute Gasteiger partial charge is 0.341 e. The van der Waals surface area contributed by atoms with E-state index in [1.165, 1.54) is 12.1 Å². The number of aromatic nitrogens is 2. The van der Waals surface area contributed by atoms with Crippen molar-refractivity contribution in [1.29, 1.82) is 0 Å². The van der Waals surface area contributed by atoms with Crippen LogP contribution in [0.3, 0.4) is 0 Å². The van der Waals surface area contributed by atoms with Crippen LogP contribution in [0.1, 0.15) is 5.82 Å². The number of fused-ring (bicyclic) bond motifs is 1. The minimum atomic E-state index is -0.414. The Hall–Kier alpha value is -1.39. The minimum absolute atomic E-state index is 0. The third kappa shape index (κ3) is 4.55. The van der Waals surface area contributed by atoms with Gasteiger partial charge in [-0.1, -0.05) is 0 Å². The molecule has 4 rings (SSSR count). The molecule has 2 aromatic rings. The number of hydrogen-bond donors (Lipinski definition) is 1. The van der Waals surface area contributed by atoms with Crippen molar-refractivity contribution in [3.05, 3.63) is 97.8 Å². The van der Waals surface area contributed by atoms with Gasteiger partial charge in [-0.15, -0.1) is 0 Å². The molecule has 10 radical (unpaired) electrons. The SMILES string of the molecule is O=[N+]([O-])c1ccc2nc([C]3[CH][CH][CH][CH]3)[nH]c2c1.[CH]1[CH][CH][CH][CH]1.[Fe]. The molecule has 5 nitrogen and oxygen atoms in total. The van der Waals surface area contributed by atoms with Crippen LogP contribution in [0.4, 0.5) is 5.69 Å². The zero-order valence-electron chi connectivity index (χ0n) is 12.0. The number of hydrogen-bond acceptors (Lipinski definition) is 3. The van der Waals surface area contributed by atoms with Gasteiger partial charge in [0.1, 0.15) is 5.82 Å². The number of nitrogens with zero attached hydrogens (tertiary/aromatic N) is 2. The van der Waals surface area contributed by atoms with E-state index >= 15 is 0 Å². The average Bonchev–Trinajstić information content (AvgIpc) is 3.26. The predicted molar refractivity (Wildman–Crippen MR) is 83.8 cm³/mol. The number of nitro groups is 1. The normalized spacial score (nSPS) is 17.6. The molecule has 0 bridgehead atoms. The summed E-state index contributed by atoms with van der Waals surface area (Å²) in [7, 11) is 0. The Morgan fingerprint density at radius 3 is 2.13 bits per heavy atom. The fourth-order valence-corrected chi connectivity index (χ4v) is 2.10. The number of benzene rings is 1. The Bertz CT molecular complexity index is 639. The van der Waals surface area contributed by atoms with Gasteiger partial charge in [-0.2, -0.15) is 0 Å². The number of nitro benzene ring substituents is 1. The molecule has 0 aliphatic heterocycles. The number of imidazole rings is 1. The molecule has 23 heavy (non-hydrogen) atoms. The van der Waals surface area contributed by atoms with Crippen molar-refractivity contribution in [2.75, 3.05) is 0 Å². The van der Waals surface area contributed by atoms with E-state index < -0.39 is 4.92 Å². The van der Waals surface area contributed by atoms with Crippen molar-refractivity contribution in [3.8, 4) is 0 Å². The van der Waals surface area contributed by atoms with E-state index in [9.17, 15) is 10.1 Å². The number of nitrogens with one attached hydrogen (secondary N) is 1. The molecule has 2 fully saturated rings. The van der Waals surface area contributed by atoms with Gasteiger partial charge in [-0.05, 0) is 63.9 Å². The average molecular weight is 347 g/mol. The summed E-state index contributed by atoms with van der Waals surface area (Å²) in [5, 5.41) is 10.7. The van der Waals surface area contributed by atoms with Crippen LogP contribution in [-0.4, -0.2) is 14.9 Å². The summed E-state index contributed by atoms with van der Waals surface area (Å²) in [6, 6.07) is 4.60. The van der Waals surface area contributed by atoms with Crippen molar-refractivity contribution in [3.63, 3.8) is 0 Å². The molecule has 1 N–H and O–H groups in total. The first-order chi connectivity index (χ1) is 10.7. The summed E-state index contributed by atoms with van der Waals surface area (Å²) in [6.07, 6.45) is 17.7. The fraction of sp³-hybridized carbons (Fsp3) is 0. The molecule has 1 heterocycles. The van der Waals surface area contributed by atoms with Crippen LogP contribution in [0.5, 0.6) is 0 Å². The van der Waals surface area contributed by atoms with E-state index in [-0.39, 0.29) is 22.8 Å². The van der Waals surface area contributed by atoms with Crippen LogP contribution < -0.4 is 0 Å². The summed E-state index contributed by atoms with van der Waals surface area (Å²) < 4.78 is 0. The first-order valence-corrected chi connectivity index (χ1v) is 6.77. The van der Waals surface area contributed by atoms with Crippen molar-refractivity contribution in [1.82, 2.24) is 9.97 Å². The molecule has 116 valence electrons. The van der Waals surface area contributed by atoms with E-state index in [1.807, 2.05) is 57.8 Å². The topological polar surface area (TPSA) is 71.8 Å². The molecule has 0 spiro atoms. The number of aromatic amines is 1. The van der Waals surface area contributed by atoms with Crippen molar-refractivity contribution < 1.29 is 22.0 Å². The zero-order chi connectivity index (χ0) is 15.4. The Labute approximate surface area is 146 Å². The number of H-pyrrole nitrogens is 1. The molecule has 0 atom stereocenters. The second-order valence-electron chi connectivity index (χ2n) is 4.68.